The van der Waals surface area contributed by atoms with Gasteiger partial charge >= 0.3 is 0 Å². The van der Waals surface area contributed by atoms with E-state index in [1.165, 1.54) is 0 Å². The molecule has 0 fully saturated rings. The summed E-state index contributed by atoms with van der Waals surface area (Å²) in [6, 6.07) is 0. The SMILES string of the molecule is CC[C@@H](F)[C@H](C)Cl. The van der Waals surface area contributed by atoms with Crippen LogP contribution in [-0.4, -0.2) is 11.5 Å². The second-order valence-electron chi connectivity index (χ2n) is 1.60. The molecule has 0 aliphatic carbocycles. The Morgan fingerprint density at radius 2 is 2.14 bits per heavy atom. The lowest BCUT2D eigenvalue weighted by molar-refractivity contribution is 0.320. The standard InChI is InChI=1S/C5H10ClF/c1-3-5(7)4(2)6/h4-5H,3H2,1-2H3/t4-,5+/m0/s1. The summed E-state index contributed by atoms with van der Waals surface area (Å²) in [6.07, 6.45) is -0.313. The van der Waals surface area contributed by atoms with E-state index in [1.807, 2.05) is 0 Å². The van der Waals surface area contributed by atoms with Gasteiger partial charge in [-0.15, -0.1) is 11.6 Å². The Bertz CT molecular complexity index is 45.3. The first kappa shape index (κ1) is 7.22. The van der Waals surface area contributed by atoms with Crippen molar-refractivity contribution in [3.05, 3.63) is 0 Å². The molecule has 7 heavy (non-hydrogen) atoms. The molecule has 0 aliphatic heterocycles. The van der Waals surface area contributed by atoms with Crippen LogP contribution in [0, 0.1) is 0 Å². The van der Waals surface area contributed by atoms with E-state index in [0.29, 0.717) is 6.42 Å². The third-order valence-electron chi connectivity index (χ3n) is 0.888. The first-order chi connectivity index (χ1) is 3.18. The zero-order valence-electron chi connectivity index (χ0n) is 4.62. The van der Waals surface area contributed by atoms with Crippen LogP contribution in [0.3, 0.4) is 0 Å². The largest absolute Gasteiger partial charge is 0.246 e. The first-order valence-corrected chi connectivity index (χ1v) is 2.90. The molecular formula is C5H10ClF. The third kappa shape index (κ3) is 2.86. The van der Waals surface area contributed by atoms with Crippen molar-refractivity contribution >= 4 is 11.6 Å². The molecule has 0 aliphatic rings. The van der Waals surface area contributed by atoms with Crippen molar-refractivity contribution in [3.8, 4) is 0 Å². The van der Waals surface area contributed by atoms with Gasteiger partial charge in [0.1, 0.15) is 6.17 Å². The van der Waals surface area contributed by atoms with Gasteiger partial charge in [0.25, 0.3) is 0 Å². The van der Waals surface area contributed by atoms with Crippen molar-refractivity contribution in [2.24, 2.45) is 0 Å². The van der Waals surface area contributed by atoms with Gasteiger partial charge in [-0.3, -0.25) is 0 Å². The summed E-state index contributed by atoms with van der Waals surface area (Å²) in [6.45, 7) is 3.44. The smallest absolute Gasteiger partial charge is 0.116 e. The average molecular weight is 125 g/mol. The van der Waals surface area contributed by atoms with E-state index in [-0.39, 0.29) is 5.38 Å². The Hall–Kier alpha value is 0.220. The minimum Gasteiger partial charge on any atom is -0.246 e. The Kier molecular flexibility index (Phi) is 3.35. The Morgan fingerprint density at radius 1 is 1.71 bits per heavy atom. The highest BCUT2D eigenvalue weighted by molar-refractivity contribution is 6.20. The summed E-state index contributed by atoms with van der Waals surface area (Å²) in [4.78, 5) is 0. The average Bonchev–Trinajstić information content (AvgIpc) is 1.65. The molecule has 0 aromatic heterocycles. The molecule has 0 unspecified atom stereocenters. The minimum atomic E-state index is -0.832. The van der Waals surface area contributed by atoms with E-state index in [2.05, 4.69) is 0 Å². The molecule has 0 aromatic rings. The van der Waals surface area contributed by atoms with Crippen LogP contribution >= 0.6 is 11.6 Å². The molecule has 0 rings (SSSR count). The van der Waals surface area contributed by atoms with Crippen LogP contribution in [0.25, 0.3) is 0 Å². The monoisotopic (exact) mass is 124 g/mol. The lowest BCUT2D eigenvalue weighted by Crippen LogP contribution is -2.09. The molecule has 2 heteroatoms. The molecule has 0 heterocycles. The second-order valence-corrected chi connectivity index (χ2v) is 2.29. The Morgan fingerprint density at radius 3 is 2.14 bits per heavy atom. The summed E-state index contributed by atoms with van der Waals surface area (Å²) < 4.78 is 12.1. The maximum Gasteiger partial charge on any atom is 0.116 e. The molecule has 0 bridgehead atoms. The van der Waals surface area contributed by atoms with Gasteiger partial charge in [0.15, 0.2) is 0 Å². The molecule has 0 saturated carbocycles. The topological polar surface area (TPSA) is 0 Å². The number of rotatable bonds is 2. The fourth-order valence-corrected chi connectivity index (χ4v) is 0.503. The third-order valence-corrected chi connectivity index (χ3v) is 1.16. The highest BCUT2D eigenvalue weighted by Gasteiger charge is 2.08. The van der Waals surface area contributed by atoms with E-state index in [9.17, 15) is 4.39 Å². The summed E-state index contributed by atoms with van der Waals surface area (Å²) in [7, 11) is 0. The fourth-order valence-electron chi connectivity index (χ4n) is 0.325. The van der Waals surface area contributed by atoms with E-state index < -0.39 is 6.17 Å². The van der Waals surface area contributed by atoms with Gasteiger partial charge in [0.05, 0.1) is 5.38 Å². The molecule has 0 nitrogen and oxygen atoms in total. The number of halogens is 2. The highest BCUT2D eigenvalue weighted by atomic mass is 35.5. The van der Waals surface area contributed by atoms with Gasteiger partial charge < -0.3 is 0 Å². The molecule has 44 valence electrons. The van der Waals surface area contributed by atoms with Crippen molar-refractivity contribution < 1.29 is 4.39 Å². The Balaban J connectivity index is 3.14. The maximum atomic E-state index is 12.1. The van der Waals surface area contributed by atoms with Crippen LogP contribution < -0.4 is 0 Å². The molecular weight excluding hydrogens is 115 g/mol. The number of hydrogen-bond donors (Lipinski definition) is 0. The van der Waals surface area contributed by atoms with Crippen LogP contribution in [0.15, 0.2) is 0 Å². The molecule has 0 radical (unpaired) electrons. The summed E-state index contributed by atoms with van der Waals surface area (Å²) in [5.74, 6) is 0. The van der Waals surface area contributed by atoms with Crippen molar-refractivity contribution in [3.63, 3.8) is 0 Å². The van der Waals surface area contributed by atoms with Gasteiger partial charge in [-0.1, -0.05) is 6.92 Å². The zero-order chi connectivity index (χ0) is 5.86. The molecule has 2 atom stereocenters. The van der Waals surface area contributed by atoms with E-state index >= 15 is 0 Å². The van der Waals surface area contributed by atoms with Crippen LogP contribution in [0.4, 0.5) is 4.39 Å². The first-order valence-electron chi connectivity index (χ1n) is 2.46. The Labute approximate surface area is 48.7 Å². The number of hydrogen-bond acceptors (Lipinski definition) is 0. The summed E-state index contributed by atoms with van der Waals surface area (Å²) in [5.41, 5.74) is 0. The van der Waals surface area contributed by atoms with Gasteiger partial charge in [-0.2, -0.15) is 0 Å². The highest BCUT2D eigenvalue weighted by Crippen LogP contribution is 2.08. The molecule has 0 aromatic carbocycles. The molecule has 0 saturated heterocycles. The van der Waals surface area contributed by atoms with E-state index in [4.69, 9.17) is 11.6 Å². The molecule has 0 amide bonds. The van der Waals surface area contributed by atoms with E-state index in [1.54, 1.807) is 13.8 Å². The minimum absolute atomic E-state index is 0.329. The van der Waals surface area contributed by atoms with Gasteiger partial charge in [-0.05, 0) is 13.3 Å². The van der Waals surface area contributed by atoms with Crippen LogP contribution in [0.5, 0.6) is 0 Å². The number of alkyl halides is 2. The van der Waals surface area contributed by atoms with Gasteiger partial charge in [-0.25, -0.2) is 4.39 Å². The summed E-state index contributed by atoms with van der Waals surface area (Å²) in [5, 5.41) is -0.329. The van der Waals surface area contributed by atoms with Crippen LogP contribution in [-0.2, 0) is 0 Å². The van der Waals surface area contributed by atoms with Crippen molar-refractivity contribution in [1.82, 2.24) is 0 Å². The van der Waals surface area contributed by atoms with Gasteiger partial charge in [0.2, 0.25) is 0 Å². The second kappa shape index (κ2) is 3.25. The van der Waals surface area contributed by atoms with E-state index in [0.717, 1.165) is 0 Å². The predicted molar refractivity (Wildman–Crippen MR) is 30.5 cm³/mol. The predicted octanol–water partition coefficient (Wildman–Crippen LogP) is 2.36. The van der Waals surface area contributed by atoms with Crippen LogP contribution in [0.1, 0.15) is 20.3 Å². The molecule has 0 N–H and O–H groups in total. The zero-order valence-corrected chi connectivity index (χ0v) is 5.37. The molecule has 0 spiro atoms. The lowest BCUT2D eigenvalue weighted by Gasteiger charge is -2.04. The summed E-state index contributed by atoms with van der Waals surface area (Å²) >= 11 is 5.35. The van der Waals surface area contributed by atoms with Crippen molar-refractivity contribution in [1.29, 1.82) is 0 Å². The fraction of sp³-hybridized carbons (Fsp3) is 1.00. The van der Waals surface area contributed by atoms with Crippen LogP contribution in [0.2, 0.25) is 0 Å². The lowest BCUT2D eigenvalue weighted by atomic mass is 10.2. The maximum absolute atomic E-state index is 12.1. The van der Waals surface area contributed by atoms with Crippen molar-refractivity contribution in [2.75, 3.05) is 0 Å². The normalized spacial score (nSPS) is 18.9. The van der Waals surface area contributed by atoms with Gasteiger partial charge in [0, 0.05) is 0 Å². The van der Waals surface area contributed by atoms with Crippen molar-refractivity contribution in [2.45, 2.75) is 31.8 Å². The quantitative estimate of drug-likeness (QED) is 0.496.